The summed E-state index contributed by atoms with van der Waals surface area (Å²) in [5, 5.41) is 0. The quantitative estimate of drug-likeness (QED) is 0.492. The lowest BCUT2D eigenvalue weighted by Crippen LogP contribution is -2.27. The van der Waals surface area contributed by atoms with Gasteiger partial charge in [-0.25, -0.2) is 0 Å². The van der Waals surface area contributed by atoms with Crippen molar-refractivity contribution in [3.63, 3.8) is 0 Å². The maximum Gasteiger partial charge on any atom is 0.128 e. The number of pyridine rings is 1. The molecule has 0 amide bonds. The molecule has 176 valence electrons. The Morgan fingerprint density at radius 1 is 1.06 bits per heavy atom. The van der Waals surface area contributed by atoms with Gasteiger partial charge in [0.05, 0.1) is 18.9 Å². The van der Waals surface area contributed by atoms with Crippen LogP contribution in [0.4, 0.5) is 0 Å². The predicted molar refractivity (Wildman–Crippen MR) is 136 cm³/mol. The second-order valence-corrected chi connectivity index (χ2v) is 9.43. The van der Waals surface area contributed by atoms with E-state index in [-0.39, 0.29) is 6.10 Å². The molecule has 2 aliphatic rings. The van der Waals surface area contributed by atoms with Gasteiger partial charge in [-0.1, -0.05) is 43.7 Å². The lowest BCUT2D eigenvalue weighted by molar-refractivity contribution is 0.0249. The average Bonchev–Trinajstić information content (AvgIpc) is 2.80. The summed E-state index contributed by atoms with van der Waals surface area (Å²) >= 11 is 0. The van der Waals surface area contributed by atoms with Gasteiger partial charge in [-0.3, -0.25) is 4.98 Å². The molecule has 1 aromatic heterocycles. The number of rotatable bonds is 7. The minimum Gasteiger partial charge on any atom is -0.490 e. The molecule has 1 saturated heterocycles. The molecule has 1 fully saturated rings. The number of allylic oxidation sites excluding steroid dienone is 2. The summed E-state index contributed by atoms with van der Waals surface area (Å²) in [6, 6.07) is 8.83. The number of aryl methyl sites for hydroxylation is 3. The second-order valence-electron chi connectivity index (χ2n) is 9.43. The minimum atomic E-state index is 0.194. The van der Waals surface area contributed by atoms with E-state index in [0.29, 0.717) is 0 Å². The van der Waals surface area contributed by atoms with E-state index < -0.39 is 0 Å². The van der Waals surface area contributed by atoms with Gasteiger partial charge in [0.2, 0.25) is 0 Å². The summed E-state index contributed by atoms with van der Waals surface area (Å²) in [4.78, 5) is 7.53. The van der Waals surface area contributed by atoms with Gasteiger partial charge in [0.15, 0.2) is 0 Å². The van der Waals surface area contributed by atoms with Crippen molar-refractivity contribution in [1.29, 1.82) is 0 Å². The van der Waals surface area contributed by atoms with Crippen LogP contribution in [0.15, 0.2) is 47.7 Å². The fraction of sp³-hybridized carbons (Fsp3) is 0.483. The highest BCUT2D eigenvalue weighted by Gasteiger charge is 2.22. The number of ether oxygens (including phenoxy) is 2. The van der Waals surface area contributed by atoms with Crippen LogP contribution in [0.3, 0.4) is 0 Å². The highest BCUT2D eigenvalue weighted by Crippen LogP contribution is 2.35. The molecular weight excluding hydrogens is 408 g/mol. The number of hydrogen-bond donors (Lipinski definition) is 0. The molecule has 0 atom stereocenters. The van der Waals surface area contributed by atoms with Crippen molar-refractivity contribution in [2.75, 3.05) is 19.8 Å². The third-order valence-corrected chi connectivity index (χ3v) is 6.68. The van der Waals surface area contributed by atoms with Crippen molar-refractivity contribution in [3.05, 3.63) is 70.1 Å². The molecule has 0 N–H and O–H groups in total. The number of aromatic nitrogens is 1. The highest BCUT2D eigenvalue weighted by atomic mass is 16.5. The number of hydrogen-bond acceptors (Lipinski definition) is 4. The lowest BCUT2D eigenvalue weighted by atomic mass is 9.94. The van der Waals surface area contributed by atoms with Gasteiger partial charge < -0.3 is 14.4 Å². The van der Waals surface area contributed by atoms with E-state index in [1.165, 1.54) is 33.4 Å². The van der Waals surface area contributed by atoms with Gasteiger partial charge in [0.25, 0.3) is 0 Å². The second kappa shape index (κ2) is 10.6. The number of nitrogens with zero attached hydrogens (tertiary/aromatic N) is 2. The van der Waals surface area contributed by atoms with Crippen molar-refractivity contribution >= 4 is 0 Å². The van der Waals surface area contributed by atoms with Crippen LogP contribution < -0.4 is 4.74 Å². The van der Waals surface area contributed by atoms with Crippen LogP contribution in [0.1, 0.15) is 62.9 Å². The first kappa shape index (κ1) is 23.6. The third-order valence-electron chi connectivity index (χ3n) is 6.68. The van der Waals surface area contributed by atoms with Gasteiger partial charge in [-0.05, 0) is 50.3 Å². The summed E-state index contributed by atoms with van der Waals surface area (Å²) < 4.78 is 12.3. The molecule has 4 nitrogen and oxygen atoms in total. The molecule has 0 spiro atoms. The summed E-state index contributed by atoms with van der Waals surface area (Å²) in [6.45, 7) is 14.2. The third kappa shape index (κ3) is 5.50. The van der Waals surface area contributed by atoms with Crippen molar-refractivity contribution in [2.45, 2.75) is 73.0 Å². The molecule has 33 heavy (non-hydrogen) atoms. The standard InChI is InChI=1S/C29H38N2O2/c1-6-23-9-8-10-24(7-2)29(23)27-16-28(33-25-11-13-32-14-12-25)26(22(5)30-27)19-31-17-20(3)15-21(4)18-31/h8-10,15-17,25H,6-7,11-14,18-19H2,1-5H3. The maximum atomic E-state index is 6.69. The maximum absolute atomic E-state index is 6.69. The molecule has 2 aliphatic heterocycles. The normalized spacial score (nSPS) is 17.1. The van der Waals surface area contributed by atoms with Crippen LogP contribution in [0.2, 0.25) is 0 Å². The zero-order valence-electron chi connectivity index (χ0n) is 20.9. The zero-order chi connectivity index (χ0) is 23.4. The van der Waals surface area contributed by atoms with E-state index >= 15 is 0 Å². The summed E-state index contributed by atoms with van der Waals surface area (Å²) in [7, 11) is 0. The Bertz CT molecular complexity index is 1030. The van der Waals surface area contributed by atoms with Gasteiger partial charge in [0, 0.05) is 55.0 Å². The molecular formula is C29H38N2O2. The fourth-order valence-corrected chi connectivity index (χ4v) is 5.07. The molecule has 0 bridgehead atoms. The minimum absolute atomic E-state index is 0.194. The number of benzene rings is 1. The Labute approximate surface area is 199 Å². The SMILES string of the molecule is CCc1cccc(CC)c1-c1cc(OC2CCOCC2)c(CN2C=C(C)C=C(C)C2)c(C)n1. The van der Waals surface area contributed by atoms with Gasteiger partial charge in [-0.15, -0.1) is 0 Å². The van der Waals surface area contributed by atoms with Crippen molar-refractivity contribution in [2.24, 2.45) is 0 Å². The smallest absolute Gasteiger partial charge is 0.128 e. The van der Waals surface area contributed by atoms with E-state index in [2.05, 4.69) is 76.1 Å². The van der Waals surface area contributed by atoms with Crippen LogP contribution in [0.5, 0.6) is 5.75 Å². The van der Waals surface area contributed by atoms with Crippen LogP contribution in [0.25, 0.3) is 11.3 Å². The molecule has 0 saturated carbocycles. The average molecular weight is 447 g/mol. The first-order valence-electron chi connectivity index (χ1n) is 12.4. The Balaban J connectivity index is 1.76. The highest BCUT2D eigenvalue weighted by molar-refractivity contribution is 5.70. The Morgan fingerprint density at radius 2 is 1.76 bits per heavy atom. The molecule has 4 rings (SSSR count). The predicted octanol–water partition coefficient (Wildman–Crippen LogP) is 6.41. The first-order valence-corrected chi connectivity index (χ1v) is 12.4. The Kier molecular flexibility index (Phi) is 7.54. The van der Waals surface area contributed by atoms with E-state index in [9.17, 15) is 0 Å². The van der Waals surface area contributed by atoms with E-state index in [0.717, 1.165) is 69.1 Å². The zero-order valence-corrected chi connectivity index (χ0v) is 20.9. The molecule has 4 heteroatoms. The van der Waals surface area contributed by atoms with Crippen molar-refractivity contribution in [3.8, 4) is 17.0 Å². The van der Waals surface area contributed by atoms with E-state index in [1.807, 2.05) is 0 Å². The lowest BCUT2D eigenvalue weighted by Gasteiger charge is -2.29. The summed E-state index contributed by atoms with van der Waals surface area (Å²) in [5.41, 5.74) is 9.93. The van der Waals surface area contributed by atoms with Crippen molar-refractivity contribution < 1.29 is 9.47 Å². The molecule has 0 aliphatic carbocycles. The van der Waals surface area contributed by atoms with Crippen molar-refractivity contribution in [1.82, 2.24) is 9.88 Å². The molecule has 3 heterocycles. The molecule has 0 radical (unpaired) electrons. The molecule has 2 aromatic rings. The van der Waals surface area contributed by atoms with Gasteiger partial charge >= 0.3 is 0 Å². The van der Waals surface area contributed by atoms with Crippen LogP contribution in [-0.4, -0.2) is 35.7 Å². The molecule has 1 aromatic carbocycles. The Morgan fingerprint density at radius 3 is 2.39 bits per heavy atom. The van der Waals surface area contributed by atoms with E-state index in [4.69, 9.17) is 14.5 Å². The monoisotopic (exact) mass is 446 g/mol. The van der Waals surface area contributed by atoms with Crippen LogP contribution in [-0.2, 0) is 24.1 Å². The van der Waals surface area contributed by atoms with Crippen LogP contribution >= 0.6 is 0 Å². The van der Waals surface area contributed by atoms with Crippen LogP contribution in [0, 0.1) is 6.92 Å². The summed E-state index contributed by atoms with van der Waals surface area (Å²) in [5.74, 6) is 0.982. The first-order chi connectivity index (χ1) is 16.0. The Hall–Kier alpha value is -2.59. The largest absolute Gasteiger partial charge is 0.490 e. The van der Waals surface area contributed by atoms with Gasteiger partial charge in [0.1, 0.15) is 11.9 Å². The van der Waals surface area contributed by atoms with Gasteiger partial charge in [-0.2, -0.15) is 0 Å². The topological polar surface area (TPSA) is 34.6 Å². The summed E-state index contributed by atoms with van der Waals surface area (Å²) in [6.07, 6.45) is 8.56. The van der Waals surface area contributed by atoms with E-state index in [1.54, 1.807) is 0 Å². The molecule has 0 unspecified atom stereocenters. The fourth-order valence-electron chi connectivity index (χ4n) is 5.07.